The number of thioether (sulfide) groups is 1. The van der Waals surface area contributed by atoms with Gasteiger partial charge in [0, 0.05) is 11.3 Å². The number of rotatable bonds is 9. The lowest BCUT2D eigenvalue weighted by atomic mass is 10.1. The first kappa shape index (κ1) is 23.6. The lowest BCUT2D eigenvalue weighted by Gasteiger charge is -2.40. The summed E-state index contributed by atoms with van der Waals surface area (Å²) < 4.78 is 9.75. The van der Waals surface area contributed by atoms with E-state index in [1.807, 2.05) is 0 Å². The fourth-order valence-electron chi connectivity index (χ4n) is 2.65. The first-order valence-corrected chi connectivity index (χ1v) is 9.56. The summed E-state index contributed by atoms with van der Waals surface area (Å²) in [5.74, 6) is -3.72. The van der Waals surface area contributed by atoms with Crippen molar-refractivity contribution in [3.05, 3.63) is 35.4 Å². The van der Waals surface area contributed by atoms with Crippen molar-refractivity contribution in [2.24, 2.45) is 10.9 Å². The van der Waals surface area contributed by atoms with Crippen molar-refractivity contribution in [1.29, 1.82) is 0 Å². The molecule has 6 N–H and O–H groups in total. The number of primary amides is 1. The van der Waals surface area contributed by atoms with Crippen molar-refractivity contribution in [3.8, 4) is 0 Å². The highest BCUT2D eigenvalue weighted by Crippen LogP contribution is 2.34. The van der Waals surface area contributed by atoms with Crippen LogP contribution in [0.25, 0.3) is 0 Å². The summed E-state index contributed by atoms with van der Waals surface area (Å²) in [6.45, 7) is 1.02. The van der Waals surface area contributed by atoms with Crippen LogP contribution in [0.1, 0.15) is 12.7 Å². The van der Waals surface area contributed by atoms with E-state index in [0.717, 1.165) is 11.8 Å². The molecule has 0 radical (unpaired) electrons. The van der Waals surface area contributed by atoms with Gasteiger partial charge in [-0.3, -0.25) is 4.79 Å². The fraction of sp³-hybridized carbons (Fsp3) is 0.353. The van der Waals surface area contributed by atoms with Crippen molar-refractivity contribution in [2.75, 3.05) is 19.5 Å². The molecule has 1 aliphatic heterocycles. The molecule has 2 heterocycles. The molecule has 0 saturated heterocycles. The van der Waals surface area contributed by atoms with Crippen molar-refractivity contribution < 1.29 is 43.4 Å². The highest BCUT2D eigenvalue weighted by Gasteiger charge is 2.46. The summed E-state index contributed by atoms with van der Waals surface area (Å²) in [7, 11) is 1.20. The van der Waals surface area contributed by atoms with Crippen molar-refractivity contribution in [3.63, 3.8) is 0 Å². The maximum absolute atomic E-state index is 12.7. The van der Waals surface area contributed by atoms with E-state index in [0.29, 0.717) is 0 Å². The van der Waals surface area contributed by atoms with E-state index in [9.17, 15) is 29.4 Å². The zero-order valence-electron chi connectivity index (χ0n) is 16.4. The molecule has 1 aromatic rings. The SMILES string of the molecule is CO/N=C(/C(=O)N[C@@H](C(=O)O)[C@@]1(C)NC(C(=O)O)=C(COC(N)=O)CS1)c1ccco1. The molecular formula is C17H20N4O9S. The molecule has 2 rings (SSSR count). The molecule has 0 bridgehead atoms. The first-order valence-electron chi connectivity index (χ1n) is 8.57. The second-order valence-electron chi connectivity index (χ2n) is 6.26. The Morgan fingerprint density at radius 3 is 2.65 bits per heavy atom. The van der Waals surface area contributed by atoms with Gasteiger partial charge in [0.1, 0.15) is 24.3 Å². The highest BCUT2D eigenvalue weighted by molar-refractivity contribution is 8.00. The molecule has 0 fully saturated rings. The molecule has 0 aromatic carbocycles. The van der Waals surface area contributed by atoms with Crippen molar-refractivity contribution >= 4 is 41.4 Å². The fourth-order valence-corrected chi connectivity index (χ4v) is 3.85. The number of ether oxygens (including phenoxy) is 1. The van der Waals surface area contributed by atoms with Gasteiger partial charge in [0.15, 0.2) is 11.8 Å². The van der Waals surface area contributed by atoms with Crippen LogP contribution in [-0.4, -0.2) is 70.2 Å². The van der Waals surface area contributed by atoms with Gasteiger partial charge >= 0.3 is 18.0 Å². The van der Waals surface area contributed by atoms with Crippen LogP contribution in [0.2, 0.25) is 0 Å². The molecule has 13 nitrogen and oxygen atoms in total. The van der Waals surface area contributed by atoms with Crippen LogP contribution in [0, 0.1) is 0 Å². The van der Waals surface area contributed by atoms with Gasteiger partial charge in [-0.2, -0.15) is 0 Å². The molecule has 14 heteroatoms. The molecule has 31 heavy (non-hydrogen) atoms. The van der Waals surface area contributed by atoms with Crippen molar-refractivity contribution in [2.45, 2.75) is 17.8 Å². The van der Waals surface area contributed by atoms with E-state index in [1.54, 1.807) is 0 Å². The Morgan fingerprint density at radius 1 is 1.42 bits per heavy atom. The normalized spacial score (nSPS) is 19.7. The second kappa shape index (κ2) is 9.88. The third-order valence-corrected chi connectivity index (χ3v) is 5.53. The zero-order valence-corrected chi connectivity index (χ0v) is 17.2. The van der Waals surface area contributed by atoms with Gasteiger partial charge in [0.05, 0.1) is 6.26 Å². The van der Waals surface area contributed by atoms with Crippen LogP contribution in [0.3, 0.4) is 0 Å². The van der Waals surface area contributed by atoms with Gasteiger partial charge in [-0.15, -0.1) is 11.8 Å². The van der Waals surface area contributed by atoms with E-state index < -0.39 is 34.9 Å². The Labute approximate surface area is 179 Å². The smallest absolute Gasteiger partial charge is 0.404 e. The maximum atomic E-state index is 12.7. The Kier molecular flexibility index (Phi) is 7.52. The lowest BCUT2D eigenvalue weighted by Crippen LogP contribution is -2.63. The third-order valence-electron chi connectivity index (χ3n) is 4.10. The number of carboxylic acids is 2. The molecule has 0 spiro atoms. The average Bonchev–Trinajstić information content (AvgIpc) is 3.22. The van der Waals surface area contributed by atoms with Gasteiger partial charge in [-0.25, -0.2) is 14.4 Å². The maximum Gasteiger partial charge on any atom is 0.404 e. The number of nitrogens with two attached hydrogens (primary N) is 1. The molecule has 0 saturated carbocycles. The van der Waals surface area contributed by atoms with Gasteiger partial charge in [-0.05, 0) is 19.1 Å². The molecular weight excluding hydrogens is 436 g/mol. The van der Waals surface area contributed by atoms with E-state index in [1.165, 1.54) is 32.4 Å². The number of furan rings is 1. The third kappa shape index (κ3) is 5.69. The van der Waals surface area contributed by atoms with Crippen LogP contribution >= 0.6 is 11.8 Å². The lowest BCUT2D eigenvalue weighted by molar-refractivity contribution is -0.142. The zero-order chi connectivity index (χ0) is 23.2. The molecule has 168 valence electrons. The standard InChI is InChI=1S/C17H20N4O9S/c1-17(20-10(14(23)24)8(7-31-17)6-30-16(18)27)12(15(25)26)19-13(22)11(21-28-2)9-4-3-5-29-9/h3-5,12,20H,6-7H2,1-2H3,(H2,18,27)(H,19,22)(H,23,24)(H,25,26)/b21-11+/t12-,17-/m0/s1. The number of oxime groups is 1. The molecule has 1 aromatic heterocycles. The number of amides is 2. The minimum Gasteiger partial charge on any atom is -0.480 e. The Hall–Kier alpha value is -3.68. The van der Waals surface area contributed by atoms with Gasteiger partial charge in [-0.1, -0.05) is 5.16 Å². The summed E-state index contributed by atoms with van der Waals surface area (Å²) in [6, 6.07) is 1.33. The van der Waals surface area contributed by atoms with Crippen LogP contribution in [0.15, 0.2) is 39.2 Å². The predicted molar refractivity (Wildman–Crippen MR) is 106 cm³/mol. The number of hydrogen-bond donors (Lipinski definition) is 5. The number of aliphatic carboxylic acids is 2. The number of carboxylic acid groups (broad SMARTS) is 2. The molecule has 0 aliphatic carbocycles. The monoisotopic (exact) mass is 456 g/mol. The van der Waals surface area contributed by atoms with E-state index >= 15 is 0 Å². The Bertz CT molecular complexity index is 928. The quantitative estimate of drug-likeness (QED) is 0.241. The summed E-state index contributed by atoms with van der Waals surface area (Å²) >= 11 is 0.993. The number of carbonyl (C=O) groups excluding carboxylic acids is 2. The van der Waals surface area contributed by atoms with Crippen LogP contribution in [0.5, 0.6) is 0 Å². The number of nitrogens with zero attached hydrogens (tertiary/aromatic N) is 1. The summed E-state index contributed by atoms with van der Waals surface area (Å²) in [6.07, 6.45) is 0.205. The number of carbonyl (C=O) groups is 4. The van der Waals surface area contributed by atoms with Gasteiger partial charge in [0.2, 0.25) is 5.71 Å². The first-order chi connectivity index (χ1) is 14.6. The molecule has 1 aliphatic rings. The highest BCUT2D eigenvalue weighted by atomic mass is 32.2. The topological polar surface area (TPSA) is 203 Å². The van der Waals surface area contributed by atoms with Gasteiger partial charge < -0.3 is 40.6 Å². The predicted octanol–water partition coefficient (Wildman–Crippen LogP) is -0.314. The van der Waals surface area contributed by atoms with E-state index in [2.05, 4.69) is 25.4 Å². The average molecular weight is 456 g/mol. The largest absolute Gasteiger partial charge is 0.480 e. The van der Waals surface area contributed by atoms with E-state index in [-0.39, 0.29) is 35.1 Å². The number of nitrogens with one attached hydrogen (secondary N) is 2. The van der Waals surface area contributed by atoms with Crippen LogP contribution in [-0.2, 0) is 24.0 Å². The van der Waals surface area contributed by atoms with Gasteiger partial charge in [0.25, 0.3) is 5.91 Å². The number of hydrogen-bond acceptors (Lipinski definition) is 10. The minimum absolute atomic E-state index is 0.00470. The summed E-state index contributed by atoms with van der Waals surface area (Å²) in [5.41, 5.74) is 4.42. The second-order valence-corrected chi connectivity index (χ2v) is 7.68. The van der Waals surface area contributed by atoms with Crippen molar-refractivity contribution in [1.82, 2.24) is 10.6 Å². The molecule has 2 atom stereocenters. The van der Waals surface area contributed by atoms with Crippen LogP contribution < -0.4 is 16.4 Å². The Balaban J connectivity index is 2.30. The summed E-state index contributed by atoms with van der Waals surface area (Å²) in [4.78, 5) is 50.3. The van der Waals surface area contributed by atoms with Crippen LogP contribution in [0.4, 0.5) is 4.79 Å². The molecule has 0 unspecified atom stereocenters. The minimum atomic E-state index is -1.60. The Morgan fingerprint density at radius 2 is 2.13 bits per heavy atom. The molecule has 2 amide bonds. The summed E-state index contributed by atoms with van der Waals surface area (Å²) in [5, 5.41) is 27.7. The van der Waals surface area contributed by atoms with E-state index in [4.69, 9.17) is 10.2 Å².